The summed E-state index contributed by atoms with van der Waals surface area (Å²) < 4.78 is 5.26. The van der Waals surface area contributed by atoms with Crippen LogP contribution in [0.15, 0.2) is 4.99 Å². The number of urea groups is 1. The Balaban J connectivity index is 2.38. The van der Waals surface area contributed by atoms with Gasteiger partial charge in [0.25, 0.3) is 0 Å². The summed E-state index contributed by atoms with van der Waals surface area (Å²) in [7, 11) is 1.63. The molecule has 1 saturated carbocycles. The highest BCUT2D eigenvalue weighted by Crippen LogP contribution is 2.40. The quantitative estimate of drug-likeness (QED) is 0.775. The third kappa shape index (κ3) is 1.42. The average molecular weight is 225 g/mol. The number of rotatable bonds is 4. The second-order valence-electron chi connectivity index (χ2n) is 4.89. The normalized spacial score (nSPS) is 30.1. The van der Waals surface area contributed by atoms with Gasteiger partial charge in [-0.15, -0.1) is 0 Å². The van der Waals surface area contributed by atoms with E-state index in [0.717, 1.165) is 12.8 Å². The van der Waals surface area contributed by atoms with Crippen LogP contribution in [0.4, 0.5) is 4.79 Å². The molecule has 0 bridgehead atoms. The number of aliphatic imine (C=N–C) groups is 1. The molecule has 2 amide bonds. The van der Waals surface area contributed by atoms with Crippen LogP contribution >= 0.6 is 0 Å². The molecule has 5 heteroatoms. The highest BCUT2D eigenvalue weighted by molar-refractivity contribution is 6.06. The van der Waals surface area contributed by atoms with E-state index in [-0.39, 0.29) is 11.9 Å². The first-order chi connectivity index (χ1) is 7.54. The predicted octanol–water partition coefficient (Wildman–Crippen LogP) is 0.983. The van der Waals surface area contributed by atoms with Crippen molar-refractivity contribution in [1.29, 1.82) is 0 Å². The van der Waals surface area contributed by atoms with Crippen LogP contribution in [0.2, 0.25) is 0 Å². The fourth-order valence-electron chi connectivity index (χ4n) is 2.47. The van der Waals surface area contributed by atoms with Crippen molar-refractivity contribution >= 4 is 11.9 Å². The van der Waals surface area contributed by atoms with Crippen LogP contribution in [0, 0.1) is 5.92 Å². The van der Waals surface area contributed by atoms with Crippen LogP contribution in [-0.2, 0) is 4.74 Å². The Morgan fingerprint density at radius 2 is 2.25 bits per heavy atom. The molecule has 1 atom stereocenters. The fourth-order valence-corrected chi connectivity index (χ4v) is 2.47. The minimum Gasteiger partial charge on any atom is -0.385 e. The summed E-state index contributed by atoms with van der Waals surface area (Å²) in [5.41, 5.74) is 5.42. The smallest absolute Gasteiger partial charge is 0.346 e. The molecule has 1 unspecified atom stereocenters. The van der Waals surface area contributed by atoms with E-state index >= 15 is 0 Å². The number of carbonyl (C=O) groups is 1. The lowest BCUT2D eigenvalue weighted by molar-refractivity contribution is 0.0518. The summed E-state index contributed by atoms with van der Waals surface area (Å²) in [6.07, 6.45) is 2.10. The van der Waals surface area contributed by atoms with E-state index in [2.05, 4.69) is 18.8 Å². The lowest BCUT2D eigenvalue weighted by atomic mass is 9.84. The maximum absolute atomic E-state index is 11.9. The zero-order valence-electron chi connectivity index (χ0n) is 10.1. The molecule has 0 aromatic carbocycles. The minimum atomic E-state index is -0.535. The second-order valence-corrected chi connectivity index (χ2v) is 4.89. The third-order valence-electron chi connectivity index (χ3n) is 3.53. The zero-order valence-corrected chi connectivity index (χ0v) is 10.1. The number of nitrogens with two attached hydrogens (primary N) is 1. The van der Waals surface area contributed by atoms with Crippen LogP contribution in [-0.4, -0.2) is 42.1 Å². The first-order valence-corrected chi connectivity index (χ1v) is 5.71. The molecule has 90 valence electrons. The lowest BCUT2D eigenvalue weighted by Crippen LogP contribution is -2.61. The molecule has 0 saturated heterocycles. The van der Waals surface area contributed by atoms with Crippen molar-refractivity contribution in [2.75, 3.05) is 13.7 Å². The Kier molecular flexibility index (Phi) is 2.66. The summed E-state index contributed by atoms with van der Waals surface area (Å²) in [6, 6.07) is 0.0978. The van der Waals surface area contributed by atoms with Gasteiger partial charge in [0.15, 0.2) is 0 Å². The van der Waals surface area contributed by atoms with Crippen LogP contribution < -0.4 is 5.73 Å². The van der Waals surface area contributed by atoms with E-state index in [4.69, 9.17) is 10.5 Å². The van der Waals surface area contributed by atoms with Gasteiger partial charge in [-0.2, -0.15) is 4.99 Å². The molecule has 2 rings (SSSR count). The average Bonchev–Trinajstić information content (AvgIpc) is 2.96. The van der Waals surface area contributed by atoms with Crippen LogP contribution in [0.3, 0.4) is 0 Å². The van der Waals surface area contributed by atoms with Gasteiger partial charge in [0.05, 0.1) is 6.61 Å². The highest BCUT2D eigenvalue weighted by atomic mass is 16.5. The van der Waals surface area contributed by atoms with Gasteiger partial charge in [0.2, 0.25) is 0 Å². The number of amides is 2. The summed E-state index contributed by atoms with van der Waals surface area (Å²) in [4.78, 5) is 17.6. The van der Waals surface area contributed by atoms with Gasteiger partial charge in [-0.3, -0.25) is 0 Å². The molecule has 2 N–H and O–H groups in total. The molecule has 0 aromatic heterocycles. The number of amidine groups is 1. The molecule has 1 aliphatic heterocycles. The number of hydrogen-bond donors (Lipinski definition) is 1. The van der Waals surface area contributed by atoms with Gasteiger partial charge in [-0.25, -0.2) is 4.79 Å². The molecule has 0 radical (unpaired) electrons. The van der Waals surface area contributed by atoms with Crippen molar-refractivity contribution in [2.45, 2.75) is 38.3 Å². The molecule has 2 aliphatic rings. The van der Waals surface area contributed by atoms with Gasteiger partial charge in [-0.05, 0) is 18.8 Å². The van der Waals surface area contributed by atoms with E-state index in [1.54, 1.807) is 7.11 Å². The molecule has 5 nitrogen and oxygen atoms in total. The fraction of sp³-hybridized carbons (Fsp3) is 0.818. The van der Waals surface area contributed by atoms with Crippen LogP contribution in [0.5, 0.6) is 0 Å². The summed E-state index contributed by atoms with van der Waals surface area (Å²) >= 11 is 0. The SMILES string of the molecule is COCC1(C(C)C)C(N)=NC(=O)N1C1CC1. The van der Waals surface area contributed by atoms with Gasteiger partial charge < -0.3 is 15.4 Å². The summed E-state index contributed by atoms with van der Waals surface area (Å²) in [6.45, 7) is 4.52. The predicted molar refractivity (Wildman–Crippen MR) is 61.3 cm³/mol. The number of methoxy groups -OCH3 is 1. The maximum Gasteiger partial charge on any atom is 0.346 e. The number of carbonyl (C=O) groups excluding carboxylic acids is 1. The number of nitrogens with zero attached hydrogens (tertiary/aromatic N) is 2. The lowest BCUT2D eigenvalue weighted by Gasteiger charge is -2.40. The van der Waals surface area contributed by atoms with Gasteiger partial charge >= 0.3 is 6.03 Å². The van der Waals surface area contributed by atoms with E-state index in [1.165, 1.54) is 0 Å². The Morgan fingerprint density at radius 3 is 2.69 bits per heavy atom. The molecule has 0 spiro atoms. The van der Waals surface area contributed by atoms with Crippen LogP contribution in [0.1, 0.15) is 26.7 Å². The molecular weight excluding hydrogens is 206 g/mol. The Labute approximate surface area is 95.6 Å². The van der Waals surface area contributed by atoms with E-state index < -0.39 is 5.54 Å². The summed E-state index contributed by atoms with van der Waals surface area (Å²) in [5.74, 6) is 0.601. The van der Waals surface area contributed by atoms with E-state index in [9.17, 15) is 4.79 Å². The second kappa shape index (κ2) is 3.73. The molecule has 0 aromatic rings. The van der Waals surface area contributed by atoms with Crippen molar-refractivity contribution in [3.63, 3.8) is 0 Å². The van der Waals surface area contributed by atoms with Crippen molar-refractivity contribution in [3.8, 4) is 0 Å². The standard InChI is InChI=1S/C11H19N3O2/c1-7(2)11(6-16-3)9(12)13-10(15)14(11)8-4-5-8/h7-8H,4-6H2,1-3H3,(H2,12,13,15). The maximum atomic E-state index is 11.9. The van der Waals surface area contributed by atoms with E-state index in [0.29, 0.717) is 18.5 Å². The minimum absolute atomic E-state index is 0.197. The zero-order chi connectivity index (χ0) is 11.9. The molecule has 1 aliphatic carbocycles. The molecule has 16 heavy (non-hydrogen) atoms. The topological polar surface area (TPSA) is 67.9 Å². The van der Waals surface area contributed by atoms with Crippen molar-refractivity contribution < 1.29 is 9.53 Å². The van der Waals surface area contributed by atoms with Crippen molar-refractivity contribution in [1.82, 2.24) is 4.90 Å². The molecular formula is C11H19N3O2. The molecule has 1 fully saturated rings. The largest absolute Gasteiger partial charge is 0.385 e. The van der Waals surface area contributed by atoms with Crippen molar-refractivity contribution in [2.24, 2.45) is 16.6 Å². The monoisotopic (exact) mass is 225 g/mol. The van der Waals surface area contributed by atoms with Gasteiger partial charge in [0, 0.05) is 13.2 Å². The van der Waals surface area contributed by atoms with Crippen molar-refractivity contribution in [3.05, 3.63) is 0 Å². The van der Waals surface area contributed by atoms with Crippen LogP contribution in [0.25, 0.3) is 0 Å². The first kappa shape index (κ1) is 11.4. The third-order valence-corrected chi connectivity index (χ3v) is 3.53. The Bertz CT molecular complexity index is 336. The van der Waals surface area contributed by atoms with Gasteiger partial charge in [0.1, 0.15) is 11.4 Å². The summed E-state index contributed by atoms with van der Waals surface area (Å²) in [5, 5.41) is 0. The molecule has 1 heterocycles. The highest BCUT2D eigenvalue weighted by Gasteiger charge is 2.55. The number of hydrogen-bond acceptors (Lipinski definition) is 3. The Hall–Kier alpha value is -1.10. The van der Waals surface area contributed by atoms with E-state index in [1.807, 2.05) is 4.90 Å². The van der Waals surface area contributed by atoms with Gasteiger partial charge in [-0.1, -0.05) is 13.8 Å². The number of ether oxygens (including phenoxy) is 1. The first-order valence-electron chi connectivity index (χ1n) is 5.71. The Morgan fingerprint density at radius 1 is 1.62 bits per heavy atom.